The number of thiophene rings is 1. The van der Waals surface area contributed by atoms with Crippen LogP contribution in [-0.4, -0.2) is 18.5 Å². The smallest absolute Gasteiger partial charge is 0.242 e. The zero-order valence-corrected chi connectivity index (χ0v) is 12.0. The van der Waals surface area contributed by atoms with E-state index in [-0.39, 0.29) is 17.5 Å². The fraction of sp³-hybridized carbons (Fsp3) is 0.300. The van der Waals surface area contributed by atoms with Gasteiger partial charge >= 0.3 is 0 Å². The monoisotopic (exact) mass is 304 g/mol. The minimum atomic E-state index is -3.62. The molecule has 2 aromatic heterocycles. The van der Waals surface area contributed by atoms with Crippen molar-refractivity contribution in [3.8, 4) is 0 Å². The highest BCUT2D eigenvalue weighted by Crippen LogP contribution is 2.24. The van der Waals surface area contributed by atoms with Crippen LogP contribution >= 0.6 is 22.7 Å². The van der Waals surface area contributed by atoms with E-state index in [0.717, 1.165) is 0 Å². The van der Waals surface area contributed by atoms with Crippen molar-refractivity contribution in [3.05, 3.63) is 32.9 Å². The van der Waals surface area contributed by atoms with Crippen molar-refractivity contribution in [2.45, 2.75) is 24.5 Å². The first-order chi connectivity index (χ1) is 8.54. The standard InChI is InChI=1S/C10H12N2O3S3/c1-7(10-11-3-5-17-10)12-18(14,15)9-2-4-16-8(9)6-13/h2-5,7,12-13H,6H2,1H3. The predicted molar refractivity (Wildman–Crippen MR) is 71.1 cm³/mol. The van der Waals surface area contributed by atoms with Gasteiger partial charge in [-0.2, -0.15) is 0 Å². The number of sulfonamides is 1. The van der Waals surface area contributed by atoms with Crippen LogP contribution in [0.1, 0.15) is 22.9 Å². The average Bonchev–Trinajstić information content (AvgIpc) is 2.99. The summed E-state index contributed by atoms with van der Waals surface area (Å²) in [5.74, 6) is 0. The Hall–Kier alpha value is -0.800. The summed E-state index contributed by atoms with van der Waals surface area (Å²) >= 11 is 2.61. The molecule has 2 rings (SSSR count). The molecule has 0 bridgehead atoms. The Kier molecular flexibility index (Phi) is 4.13. The van der Waals surface area contributed by atoms with Crippen molar-refractivity contribution in [1.82, 2.24) is 9.71 Å². The molecule has 0 spiro atoms. The van der Waals surface area contributed by atoms with E-state index >= 15 is 0 Å². The second-order valence-corrected chi connectivity index (χ2v) is 7.19. The van der Waals surface area contributed by atoms with E-state index in [1.54, 1.807) is 23.9 Å². The molecule has 0 radical (unpaired) electrons. The third kappa shape index (κ3) is 2.78. The number of nitrogens with zero attached hydrogens (tertiary/aromatic N) is 1. The van der Waals surface area contributed by atoms with E-state index < -0.39 is 10.0 Å². The van der Waals surface area contributed by atoms with Gasteiger partial charge in [0.2, 0.25) is 10.0 Å². The van der Waals surface area contributed by atoms with Crippen LogP contribution in [0.4, 0.5) is 0 Å². The van der Waals surface area contributed by atoms with Gasteiger partial charge in [-0.3, -0.25) is 0 Å². The van der Waals surface area contributed by atoms with Crippen molar-refractivity contribution in [3.63, 3.8) is 0 Å². The molecular formula is C10H12N2O3S3. The number of nitrogens with one attached hydrogen (secondary N) is 1. The lowest BCUT2D eigenvalue weighted by atomic mass is 10.4. The lowest BCUT2D eigenvalue weighted by Crippen LogP contribution is -2.27. The van der Waals surface area contributed by atoms with Gasteiger partial charge in [0.25, 0.3) is 0 Å². The first-order valence-electron chi connectivity index (χ1n) is 5.13. The van der Waals surface area contributed by atoms with Crippen molar-refractivity contribution < 1.29 is 13.5 Å². The molecule has 0 saturated carbocycles. The van der Waals surface area contributed by atoms with Gasteiger partial charge in [-0.15, -0.1) is 22.7 Å². The van der Waals surface area contributed by atoms with E-state index in [9.17, 15) is 8.42 Å². The van der Waals surface area contributed by atoms with Crippen LogP contribution in [0.2, 0.25) is 0 Å². The Morgan fingerprint density at radius 2 is 2.22 bits per heavy atom. The molecule has 0 saturated heterocycles. The van der Waals surface area contributed by atoms with Crippen LogP contribution in [0.25, 0.3) is 0 Å². The van der Waals surface area contributed by atoms with E-state index in [4.69, 9.17) is 5.11 Å². The summed E-state index contributed by atoms with van der Waals surface area (Å²) in [5, 5.41) is 13.2. The number of thiazole rings is 1. The van der Waals surface area contributed by atoms with E-state index in [2.05, 4.69) is 9.71 Å². The van der Waals surface area contributed by atoms with Crippen LogP contribution in [-0.2, 0) is 16.6 Å². The lowest BCUT2D eigenvalue weighted by molar-refractivity contribution is 0.282. The molecule has 0 aromatic carbocycles. The van der Waals surface area contributed by atoms with E-state index in [1.165, 1.54) is 28.7 Å². The van der Waals surface area contributed by atoms with Crippen molar-refractivity contribution >= 4 is 32.7 Å². The summed E-state index contributed by atoms with van der Waals surface area (Å²) in [6, 6.07) is 1.11. The van der Waals surface area contributed by atoms with E-state index in [1.807, 2.05) is 0 Å². The van der Waals surface area contributed by atoms with Gasteiger partial charge in [0, 0.05) is 16.5 Å². The zero-order valence-electron chi connectivity index (χ0n) is 9.53. The van der Waals surface area contributed by atoms with Gasteiger partial charge in [-0.05, 0) is 18.4 Å². The fourth-order valence-electron chi connectivity index (χ4n) is 1.48. The molecule has 5 nitrogen and oxygen atoms in total. The number of rotatable bonds is 5. The maximum atomic E-state index is 12.1. The van der Waals surface area contributed by atoms with Crippen molar-refractivity contribution in [1.29, 1.82) is 0 Å². The van der Waals surface area contributed by atoms with Crippen LogP contribution in [0.3, 0.4) is 0 Å². The average molecular weight is 304 g/mol. The normalized spacial score (nSPS) is 13.7. The Morgan fingerprint density at radius 1 is 1.44 bits per heavy atom. The topological polar surface area (TPSA) is 79.3 Å². The Bertz CT molecular complexity index is 604. The summed E-state index contributed by atoms with van der Waals surface area (Å²) in [4.78, 5) is 4.65. The van der Waals surface area contributed by atoms with Crippen molar-refractivity contribution in [2.24, 2.45) is 0 Å². The second-order valence-electron chi connectivity index (χ2n) is 3.58. The minimum Gasteiger partial charge on any atom is -0.391 e. The number of hydrogen-bond donors (Lipinski definition) is 2. The molecule has 0 fully saturated rings. The van der Waals surface area contributed by atoms with Crippen LogP contribution in [0, 0.1) is 0 Å². The van der Waals surface area contributed by atoms with Crippen molar-refractivity contribution in [2.75, 3.05) is 0 Å². The van der Waals surface area contributed by atoms with E-state index in [0.29, 0.717) is 9.88 Å². The Balaban J connectivity index is 2.23. The number of aliphatic hydroxyl groups excluding tert-OH is 1. The van der Waals surface area contributed by atoms with Gasteiger partial charge in [0.15, 0.2) is 0 Å². The van der Waals surface area contributed by atoms with Crippen LogP contribution in [0.15, 0.2) is 27.9 Å². The third-order valence-electron chi connectivity index (χ3n) is 2.29. The summed E-state index contributed by atoms with van der Waals surface area (Å²) in [6.07, 6.45) is 1.63. The Labute approximate surface area is 113 Å². The first-order valence-corrected chi connectivity index (χ1v) is 8.38. The largest absolute Gasteiger partial charge is 0.391 e. The van der Waals surface area contributed by atoms with Gasteiger partial charge in [0.1, 0.15) is 5.01 Å². The molecular weight excluding hydrogens is 292 g/mol. The van der Waals surface area contributed by atoms with Gasteiger partial charge < -0.3 is 5.11 Å². The molecule has 2 heterocycles. The molecule has 0 aliphatic rings. The molecule has 0 aliphatic heterocycles. The summed E-state index contributed by atoms with van der Waals surface area (Å²) in [5.41, 5.74) is 0. The summed E-state index contributed by atoms with van der Waals surface area (Å²) < 4.78 is 26.8. The molecule has 0 aliphatic carbocycles. The SMILES string of the molecule is CC(NS(=O)(=O)c1ccsc1CO)c1nccs1. The quantitative estimate of drug-likeness (QED) is 0.882. The predicted octanol–water partition coefficient (Wildman–Crippen LogP) is 1.74. The molecule has 18 heavy (non-hydrogen) atoms. The van der Waals surface area contributed by atoms with Gasteiger partial charge in [-0.25, -0.2) is 18.1 Å². The molecule has 2 aromatic rings. The Morgan fingerprint density at radius 3 is 2.83 bits per heavy atom. The zero-order chi connectivity index (χ0) is 13.2. The van der Waals surface area contributed by atoms with Gasteiger partial charge in [-0.1, -0.05) is 0 Å². The fourth-order valence-corrected chi connectivity index (χ4v) is 4.70. The highest BCUT2D eigenvalue weighted by Gasteiger charge is 2.23. The minimum absolute atomic E-state index is 0.137. The lowest BCUT2D eigenvalue weighted by Gasteiger charge is -2.11. The molecule has 1 atom stereocenters. The molecule has 1 unspecified atom stereocenters. The number of hydrogen-bond acceptors (Lipinski definition) is 6. The van der Waals surface area contributed by atoms with Crippen LogP contribution < -0.4 is 4.72 Å². The highest BCUT2D eigenvalue weighted by molar-refractivity contribution is 7.89. The maximum Gasteiger partial charge on any atom is 0.242 e. The van der Waals surface area contributed by atoms with Gasteiger partial charge in [0.05, 0.1) is 17.5 Å². The molecule has 2 N–H and O–H groups in total. The summed E-state index contributed by atoms with van der Waals surface area (Å²) in [6.45, 7) is 1.46. The highest BCUT2D eigenvalue weighted by atomic mass is 32.2. The number of aromatic nitrogens is 1. The summed E-state index contributed by atoms with van der Waals surface area (Å²) in [7, 11) is -3.62. The second kappa shape index (κ2) is 5.45. The third-order valence-corrected chi connectivity index (χ3v) is 5.91. The van der Waals surface area contributed by atoms with Crippen LogP contribution in [0.5, 0.6) is 0 Å². The number of aliphatic hydroxyl groups is 1. The molecule has 0 amide bonds. The maximum absolute atomic E-state index is 12.1. The first kappa shape index (κ1) is 13.6. The molecule has 8 heteroatoms. The molecule has 98 valence electrons.